The molecule has 3 rings (SSSR count). The molecule has 0 N–H and O–H groups in total. The van der Waals surface area contributed by atoms with Gasteiger partial charge in [0.05, 0.1) is 25.1 Å². The Bertz CT molecular complexity index is 618. The van der Waals surface area contributed by atoms with Crippen LogP contribution in [0.5, 0.6) is 0 Å². The zero-order valence-corrected chi connectivity index (χ0v) is 12.3. The number of furan rings is 1. The van der Waals surface area contributed by atoms with Crippen molar-refractivity contribution in [3.05, 3.63) is 41.6 Å². The van der Waals surface area contributed by atoms with Gasteiger partial charge in [-0.05, 0) is 19.1 Å². The van der Waals surface area contributed by atoms with E-state index in [9.17, 15) is 4.79 Å². The Morgan fingerprint density at radius 3 is 3.14 bits per heavy atom. The summed E-state index contributed by atoms with van der Waals surface area (Å²) < 4.78 is 12.6. The molecular weight excluding hydrogens is 270 g/mol. The van der Waals surface area contributed by atoms with E-state index in [1.54, 1.807) is 21.7 Å². The Hall–Kier alpha value is -2.08. The molecule has 0 saturated heterocycles. The van der Waals surface area contributed by atoms with Gasteiger partial charge in [0.15, 0.2) is 5.76 Å². The third kappa shape index (κ3) is 2.71. The fourth-order valence-corrected chi connectivity index (χ4v) is 2.74. The number of nitrogens with zero attached hydrogens (tertiary/aromatic N) is 3. The van der Waals surface area contributed by atoms with Gasteiger partial charge >= 0.3 is 0 Å². The van der Waals surface area contributed by atoms with Gasteiger partial charge in [0.1, 0.15) is 0 Å². The van der Waals surface area contributed by atoms with Gasteiger partial charge in [-0.1, -0.05) is 0 Å². The zero-order chi connectivity index (χ0) is 14.8. The third-order valence-corrected chi connectivity index (χ3v) is 3.70. The SMILES string of the molecule is CCOC[C@H]1CN(C(=O)c2ccco2)Cc2nn(C)cc21. The summed E-state index contributed by atoms with van der Waals surface area (Å²) in [5.74, 6) is 0.420. The fourth-order valence-electron chi connectivity index (χ4n) is 2.74. The van der Waals surface area contributed by atoms with E-state index in [0.29, 0.717) is 32.1 Å². The van der Waals surface area contributed by atoms with Crippen molar-refractivity contribution in [2.75, 3.05) is 19.8 Å². The molecule has 0 aliphatic carbocycles. The van der Waals surface area contributed by atoms with Gasteiger partial charge in [-0.3, -0.25) is 9.48 Å². The van der Waals surface area contributed by atoms with Gasteiger partial charge in [-0.15, -0.1) is 0 Å². The molecular formula is C15H19N3O3. The van der Waals surface area contributed by atoms with Crippen molar-refractivity contribution in [3.63, 3.8) is 0 Å². The van der Waals surface area contributed by atoms with Crippen LogP contribution in [-0.2, 0) is 18.3 Å². The van der Waals surface area contributed by atoms with E-state index in [1.165, 1.54) is 11.8 Å². The lowest BCUT2D eigenvalue weighted by Gasteiger charge is -2.31. The Balaban J connectivity index is 1.84. The third-order valence-electron chi connectivity index (χ3n) is 3.70. The molecule has 112 valence electrons. The highest BCUT2D eigenvalue weighted by atomic mass is 16.5. The first-order valence-corrected chi connectivity index (χ1v) is 7.12. The standard InChI is InChI=1S/C15H19N3O3/c1-3-20-10-11-7-18(15(19)14-5-4-6-21-14)9-13-12(11)8-17(2)16-13/h4-6,8,11H,3,7,9-10H2,1-2H3/t11-/m1/s1. The molecule has 0 saturated carbocycles. The van der Waals surface area contributed by atoms with E-state index in [1.807, 2.05) is 20.2 Å². The number of aromatic nitrogens is 2. The first-order chi connectivity index (χ1) is 10.2. The van der Waals surface area contributed by atoms with Gasteiger partial charge < -0.3 is 14.1 Å². The van der Waals surface area contributed by atoms with Crippen LogP contribution in [0.25, 0.3) is 0 Å². The van der Waals surface area contributed by atoms with Gasteiger partial charge in [0, 0.05) is 37.9 Å². The van der Waals surface area contributed by atoms with E-state index < -0.39 is 0 Å². The smallest absolute Gasteiger partial charge is 0.289 e. The molecule has 0 fully saturated rings. The van der Waals surface area contributed by atoms with Gasteiger partial charge in [0.2, 0.25) is 0 Å². The molecule has 1 amide bonds. The highest BCUT2D eigenvalue weighted by Crippen LogP contribution is 2.28. The van der Waals surface area contributed by atoms with Crippen molar-refractivity contribution in [1.29, 1.82) is 0 Å². The molecule has 3 heterocycles. The van der Waals surface area contributed by atoms with Crippen molar-refractivity contribution >= 4 is 5.91 Å². The minimum atomic E-state index is -0.0993. The monoisotopic (exact) mass is 289 g/mol. The molecule has 0 radical (unpaired) electrons. The lowest BCUT2D eigenvalue weighted by Crippen LogP contribution is -2.39. The lowest BCUT2D eigenvalue weighted by atomic mass is 9.95. The minimum Gasteiger partial charge on any atom is -0.459 e. The molecule has 2 aromatic rings. The summed E-state index contributed by atoms with van der Waals surface area (Å²) >= 11 is 0. The molecule has 0 unspecified atom stereocenters. The van der Waals surface area contributed by atoms with Crippen LogP contribution in [0, 0.1) is 0 Å². The molecule has 6 heteroatoms. The Kier molecular flexibility index (Phi) is 3.79. The van der Waals surface area contributed by atoms with Crippen molar-refractivity contribution in [3.8, 4) is 0 Å². The van der Waals surface area contributed by atoms with Crippen LogP contribution in [0.15, 0.2) is 29.0 Å². The van der Waals surface area contributed by atoms with Crippen molar-refractivity contribution in [1.82, 2.24) is 14.7 Å². The molecule has 21 heavy (non-hydrogen) atoms. The number of carbonyl (C=O) groups is 1. The molecule has 0 bridgehead atoms. The summed E-state index contributed by atoms with van der Waals surface area (Å²) in [6.45, 7) is 4.37. The minimum absolute atomic E-state index is 0.0993. The molecule has 1 atom stereocenters. The Morgan fingerprint density at radius 1 is 1.57 bits per heavy atom. The topological polar surface area (TPSA) is 60.5 Å². The van der Waals surface area contributed by atoms with Gasteiger partial charge in [0.25, 0.3) is 5.91 Å². The van der Waals surface area contributed by atoms with Crippen LogP contribution >= 0.6 is 0 Å². The summed E-state index contributed by atoms with van der Waals surface area (Å²) in [6, 6.07) is 3.41. The zero-order valence-electron chi connectivity index (χ0n) is 12.3. The number of hydrogen-bond acceptors (Lipinski definition) is 4. The predicted octanol–water partition coefficient (Wildman–Crippen LogP) is 1.79. The number of amides is 1. The number of carbonyl (C=O) groups excluding carboxylic acids is 1. The number of aryl methyl sites for hydroxylation is 1. The average molecular weight is 289 g/mol. The normalized spacial score (nSPS) is 17.8. The van der Waals surface area contributed by atoms with Crippen LogP contribution < -0.4 is 0 Å². The molecule has 6 nitrogen and oxygen atoms in total. The second-order valence-corrected chi connectivity index (χ2v) is 5.22. The second kappa shape index (κ2) is 5.73. The van der Waals surface area contributed by atoms with E-state index >= 15 is 0 Å². The molecule has 0 spiro atoms. The van der Waals surface area contributed by atoms with Crippen molar-refractivity contribution in [2.24, 2.45) is 7.05 Å². The van der Waals surface area contributed by atoms with Crippen LogP contribution in [0.1, 0.15) is 34.7 Å². The summed E-state index contributed by atoms with van der Waals surface area (Å²) in [5.41, 5.74) is 2.11. The average Bonchev–Trinajstić information content (AvgIpc) is 3.11. The number of hydrogen-bond donors (Lipinski definition) is 0. The van der Waals surface area contributed by atoms with Gasteiger partial charge in [-0.25, -0.2) is 0 Å². The number of rotatable bonds is 4. The van der Waals surface area contributed by atoms with E-state index in [-0.39, 0.29) is 11.8 Å². The highest BCUT2D eigenvalue weighted by Gasteiger charge is 2.31. The summed E-state index contributed by atoms with van der Waals surface area (Å²) in [5, 5.41) is 4.46. The number of fused-ring (bicyclic) bond motifs is 1. The summed E-state index contributed by atoms with van der Waals surface area (Å²) in [7, 11) is 1.90. The van der Waals surface area contributed by atoms with Crippen molar-refractivity contribution in [2.45, 2.75) is 19.4 Å². The summed E-state index contributed by atoms with van der Waals surface area (Å²) in [4.78, 5) is 14.2. The quantitative estimate of drug-likeness (QED) is 0.861. The Labute approximate surface area is 123 Å². The fraction of sp³-hybridized carbons (Fsp3) is 0.467. The first kappa shape index (κ1) is 13.9. The lowest BCUT2D eigenvalue weighted by molar-refractivity contribution is 0.0622. The van der Waals surface area contributed by atoms with Crippen molar-refractivity contribution < 1.29 is 13.9 Å². The highest BCUT2D eigenvalue weighted by molar-refractivity contribution is 5.91. The van der Waals surface area contributed by atoms with Crippen LogP contribution in [0.4, 0.5) is 0 Å². The summed E-state index contributed by atoms with van der Waals surface area (Å²) in [6.07, 6.45) is 3.54. The predicted molar refractivity (Wildman–Crippen MR) is 75.9 cm³/mol. The maximum atomic E-state index is 12.5. The van der Waals surface area contributed by atoms with Crippen LogP contribution in [-0.4, -0.2) is 40.3 Å². The molecule has 1 aliphatic heterocycles. The first-order valence-electron chi connectivity index (χ1n) is 7.12. The van der Waals surface area contributed by atoms with E-state index in [0.717, 1.165) is 5.69 Å². The van der Waals surface area contributed by atoms with E-state index in [2.05, 4.69) is 5.10 Å². The number of ether oxygens (including phenoxy) is 1. The maximum Gasteiger partial charge on any atom is 0.289 e. The van der Waals surface area contributed by atoms with Gasteiger partial charge in [-0.2, -0.15) is 5.10 Å². The largest absolute Gasteiger partial charge is 0.459 e. The maximum absolute atomic E-state index is 12.5. The van der Waals surface area contributed by atoms with Crippen LogP contribution in [0.2, 0.25) is 0 Å². The molecule has 2 aromatic heterocycles. The molecule has 1 aliphatic rings. The van der Waals surface area contributed by atoms with Crippen LogP contribution in [0.3, 0.4) is 0 Å². The second-order valence-electron chi connectivity index (χ2n) is 5.22. The molecule has 0 aromatic carbocycles. The van der Waals surface area contributed by atoms with E-state index in [4.69, 9.17) is 9.15 Å². The Morgan fingerprint density at radius 2 is 2.43 bits per heavy atom.